The maximum atomic E-state index is 10.8. The molecule has 5 heteroatoms. The van der Waals surface area contributed by atoms with Gasteiger partial charge in [0, 0.05) is 13.1 Å². The maximum Gasteiger partial charge on any atom is 0.234 e. The minimum Gasteiger partial charge on any atom is -0.378 e. The highest BCUT2D eigenvalue weighted by molar-refractivity contribution is 5.77. The van der Waals surface area contributed by atoms with Crippen molar-refractivity contribution in [3.63, 3.8) is 0 Å². The smallest absolute Gasteiger partial charge is 0.234 e. The zero-order valence-corrected chi connectivity index (χ0v) is 7.43. The summed E-state index contributed by atoms with van der Waals surface area (Å²) < 4.78 is 5.05. The van der Waals surface area contributed by atoms with Crippen molar-refractivity contribution >= 4 is 5.91 Å². The van der Waals surface area contributed by atoms with Crippen molar-refractivity contribution in [3.8, 4) is 0 Å². The minimum absolute atomic E-state index is 0.0196. The summed E-state index contributed by atoms with van der Waals surface area (Å²) in [7, 11) is 1.73. The predicted octanol–water partition coefficient (Wildman–Crippen LogP) is -1.70. The average molecular weight is 175 g/mol. The number of amides is 1. The Kier molecular flexibility index (Phi) is 7.99. The zero-order chi connectivity index (χ0) is 9.23. The molecular weight excluding hydrogens is 158 g/mol. The van der Waals surface area contributed by atoms with Crippen LogP contribution in [0.15, 0.2) is 0 Å². The van der Waals surface area contributed by atoms with Gasteiger partial charge in [-0.05, 0) is 7.05 Å². The lowest BCUT2D eigenvalue weighted by molar-refractivity contribution is -0.120. The molecule has 4 N–H and O–H groups in total. The number of nitrogens with one attached hydrogen (secondary N) is 2. The molecule has 12 heavy (non-hydrogen) atoms. The third-order valence-electron chi connectivity index (χ3n) is 1.17. The SMILES string of the molecule is CNCC(=O)NCCOCCN. The highest BCUT2D eigenvalue weighted by Crippen LogP contribution is 1.70. The van der Waals surface area contributed by atoms with E-state index in [1.807, 2.05) is 0 Å². The number of carbonyl (C=O) groups is 1. The molecule has 0 fully saturated rings. The molecule has 0 aromatic carbocycles. The van der Waals surface area contributed by atoms with Crippen molar-refractivity contribution < 1.29 is 9.53 Å². The van der Waals surface area contributed by atoms with Crippen LogP contribution in [0.25, 0.3) is 0 Å². The molecule has 72 valence electrons. The first-order valence-corrected chi connectivity index (χ1v) is 4.00. The van der Waals surface area contributed by atoms with Crippen molar-refractivity contribution in [2.24, 2.45) is 5.73 Å². The third-order valence-corrected chi connectivity index (χ3v) is 1.17. The van der Waals surface area contributed by atoms with Crippen molar-refractivity contribution in [3.05, 3.63) is 0 Å². The van der Waals surface area contributed by atoms with Gasteiger partial charge in [0.25, 0.3) is 0 Å². The van der Waals surface area contributed by atoms with Crippen molar-refractivity contribution in [2.45, 2.75) is 0 Å². The van der Waals surface area contributed by atoms with Crippen LogP contribution in [0.2, 0.25) is 0 Å². The fourth-order valence-corrected chi connectivity index (χ4v) is 0.671. The molecule has 0 aromatic rings. The molecule has 0 rings (SSSR count). The van der Waals surface area contributed by atoms with Gasteiger partial charge in [0.1, 0.15) is 0 Å². The van der Waals surface area contributed by atoms with E-state index in [1.165, 1.54) is 0 Å². The monoisotopic (exact) mass is 175 g/mol. The summed E-state index contributed by atoms with van der Waals surface area (Å²) in [6, 6.07) is 0. The molecule has 0 atom stereocenters. The van der Waals surface area contributed by atoms with Crippen LogP contribution in [0.1, 0.15) is 0 Å². The molecular formula is C7H17N3O2. The normalized spacial score (nSPS) is 9.83. The Morgan fingerprint density at radius 2 is 2.25 bits per heavy atom. The third kappa shape index (κ3) is 7.46. The predicted molar refractivity (Wildman–Crippen MR) is 46.8 cm³/mol. The molecule has 0 saturated heterocycles. The zero-order valence-electron chi connectivity index (χ0n) is 7.43. The van der Waals surface area contributed by atoms with Crippen molar-refractivity contribution in [1.29, 1.82) is 0 Å². The van der Waals surface area contributed by atoms with E-state index in [9.17, 15) is 4.79 Å². The summed E-state index contributed by atoms with van der Waals surface area (Å²) in [5.41, 5.74) is 5.20. The molecule has 0 aliphatic rings. The lowest BCUT2D eigenvalue weighted by Crippen LogP contribution is -2.34. The molecule has 0 radical (unpaired) electrons. The summed E-state index contributed by atoms with van der Waals surface area (Å²) in [5, 5.41) is 5.42. The Balaban J connectivity index is 3.03. The summed E-state index contributed by atoms with van der Waals surface area (Å²) in [5.74, 6) is -0.0196. The van der Waals surface area contributed by atoms with Crippen LogP contribution in [0.4, 0.5) is 0 Å². The van der Waals surface area contributed by atoms with E-state index >= 15 is 0 Å². The van der Waals surface area contributed by atoms with Gasteiger partial charge in [0.2, 0.25) is 5.91 Å². The van der Waals surface area contributed by atoms with Gasteiger partial charge in [0.05, 0.1) is 19.8 Å². The highest BCUT2D eigenvalue weighted by atomic mass is 16.5. The van der Waals surface area contributed by atoms with Gasteiger partial charge in [-0.15, -0.1) is 0 Å². The Bertz CT molecular complexity index is 119. The quantitative estimate of drug-likeness (QED) is 0.403. The lowest BCUT2D eigenvalue weighted by atomic mass is 10.5. The van der Waals surface area contributed by atoms with Crippen LogP contribution in [0.5, 0.6) is 0 Å². The fraction of sp³-hybridized carbons (Fsp3) is 0.857. The Hall–Kier alpha value is -0.650. The van der Waals surface area contributed by atoms with Gasteiger partial charge < -0.3 is 21.1 Å². The van der Waals surface area contributed by atoms with Crippen LogP contribution < -0.4 is 16.4 Å². The molecule has 0 saturated carbocycles. The van der Waals surface area contributed by atoms with Gasteiger partial charge in [-0.3, -0.25) is 4.79 Å². The second kappa shape index (κ2) is 8.45. The van der Waals surface area contributed by atoms with E-state index in [2.05, 4.69) is 10.6 Å². The molecule has 0 aromatic heterocycles. The molecule has 0 aliphatic heterocycles. The Labute approximate surface area is 72.6 Å². The summed E-state index contributed by atoms with van der Waals surface area (Å²) in [6.45, 7) is 2.47. The molecule has 0 bridgehead atoms. The van der Waals surface area contributed by atoms with Gasteiger partial charge in [0.15, 0.2) is 0 Å². The number of rotatable bonds is 7. The van der Waals surface area contributed by atoms with Crippen LogP contribution >= 0.6 is 0 Å². The number of hydrogen-bond acceptors (Lipinski definition) is 4. The molecule has 1 amide bonds. The van der Waals surface area contributed by atoms with Crippen LogP contribution in [-0.4, -0.2) is 45.8 Å². The Morgan fingerprint density at radius 3 is 2.83 bits per heavy atom. The fourth-order valence-electron chi connectivity index (χ4n) is 0.671. The van der Waals surface area contributed by atoms with E-state index in [0.29, 0.717) is 32.8 Å². The van der Waals surface area contributed by atoms with Crippen LogP contribution in [-0.2, 0) is 9.53 Å². The van der Waals surface area contributed by atoms with Crippen molar-refractivity contribution in [2.75, 3.05) is 39.9 Å². The molecule has 0 aliphatic carbocycles. The van der Waals surface area contributed by atoms with Crippen LogP contribution in [0.3, 0.4) is 0 Å². The van der Waals surface area contributed by atoms with E-state index in [-0.39, 0.29) is 5.91 Å². The van der Waals surface area contributed by atoms with E-state index in [1.54, 1.807) is 7.05 Å². The first-order chi connectivity index (χ1) is 5.81. The van der Waals surface area contributed by atoms with Crippen molar-refractivity contribution in [1.82, 2.24) is 10.6 Å². The van der Waals surface area contributed by atoms with Gasteiger partial charge in [-0.25, -0.2) is 0 Å². The van der Waals surface area contributed by atoms with Gasteiger partial charge in [-0.1, -0.05) is 0 Å². The second-order valence-corrected chi connectivity index (χ2v) is 2.28. The van der Waals surface area contributed by atoms with E-state index < -0.39 is 0 Å². The molecule has 0 unspecified atom stereocenters. The summed E-state index contributed by atoms with van der Waals surface area (Å²) in [4.78, 5) is 10.8. The van der Waals surface area contributed by atoms with E-state index in [0.717, 1.165) is 0 Å². The maximum absolute atomic E-state index is 10.8. The molecule has 0 heterocycles. The first kappa shape index (κ1) is 11.4. The lowest BCUT2D eigenvalue weighted by Gasteiger charge is -2.04. The van der Waals surface area contributed by atoms with Crippen LogP contribution in [0, 0.1) is 0 Å². The largest absolute Gasteiger partial charge is 0.378 e. The van der Waals surface area contributed by atoms with E-state index in [4.69, 9.17) is 10.5 Å². The topological polar surface area (TPSA) is 76.4 Å². The van der Waals surface area contributed by atoms with Gasteiger partial charge >= 0.3 is 0 Å². The first-order valence-electron chi connectivity index (χ1n) is 4.00. The average Bonchev–Trinajstić information content (AvgIpc) is 2.05. The highest BCUT2D eigenvalue weighted by Gasteiger charge is 1.96. The van der Waals surface area contributed by atoms with Gasteiger partial charge in [-0.2, -0.15) is 0 Å². The number of carbonyl (C=O) groups excluding carboxylic acids is 1. The summed E-state index contributed by atoms with van der Waals surface area (Å²) in [6.07, 6.45) is 0. The number of ether oxygens (including phenoxy) is 1. The number of nitrogens with two attached hydrogens (primary N) is 1. The summed E-state index contributed by atoms with van der Waals surface area (Å²) >= 11 is 0. The molecule has 0 spiro atoms. The minimum atomic E-state index is -0.0196. The number of hydrogen-bond donors (Lipinski definition) is 3. The number of likely N-dealkylation sites (N-methyl/N-ethyl adjacent to an activating group) is 1. The standard InChI is InChI=1S/C7H17N3O2/c1-9-6-7(11)10-3-5-12-4-2-8/h9H,2-6,8H2,1H3,(H,10,11). The Morgan fingerprint density at radius 1 is 1.50 bits per heavy atom. The molecule has 5 nitrogen and oxygen atoms in total. The second-order valence-electron chi connectivity index (χ2n) is 2.28.